The molecule has 0 aliphatic carbocycles. The molecule has 0 saturated heterocycles. The zero-order valence-electron chi connectivity index (χ0n) is 12.5. The van der Waals surface area contributed by atoms with E-state index in [1.54, 1.807) is 37.6 Å². The summed E-state index contributed by atoms with van der Waals surface area (Å²) in [4.78, 5) is 15.9. The third-order valence-corrected chi connectivity index (χ3v) is 3.34. The molecule has 2 aromatic rings. The highest BCUT2D eigenvalue weighted by Crippen LogP contribution is 2.17. The van der Waals surface area contributed by atoms with Gasteiger partial charge in [-0.05, 0) is 42.2 Å². The fraction of sp³-hybridized carbons (Fsp3) is 0.294. The van der Waals surface area contributed by atoms with Crippen molar-refractivity contribution in [1.82, 2.24) is 10.3 Å². The average Bonchev–Trinajstić information content (AvgIpc) is 2.59. The molecule has 0 aliphatic rings. The smallest absolute Gasteiger partial charge is 0.253 e. The SMILES string of the molecule is COc1ccc([C@H](O)C(=O)NCCCc2cccnc2)cc1. The first-order chi connectivity index (χ1) is 10.7. The number of pyridine rings is 1. The van der Waals surface area contributed by atoms with Gasteiger partial charge < -0.3 is 15.2 Å². The molecule has 0 spiro atoms. The van der Waals surface area contributed by atoms with Gasteiger partial charge in [0.1, 0.15) is 5.75 Å². The molecule has 1 aromatic carbocycles. The normalized spacial score (nSPS) is 11.7. The lowest BCUT2D eigenvalue weighted by Gasteiger charge is -2.12. The second-order valence-corrected chi connectivity index (χ2v) is 4.93. The van der Waals surface area contributed by atoms with Crippen LogP contribution in [0.2, 0.25) is 0 Å². The molecular weight excluding hydrogens is 280 g/mol. The van der Waals surface area contributed by atoms with E-state index < -0.39 is 12.0 Å². The number of aromatic nitrogens is 1. The Morgan fingerprint density at radius 1 is 1.32 bits per heavy atom. The van der Waals surface area contributed by atoms with E-state index in [9.17, 15) is 9.90 Å². The summed E-state index contributed by atoms with van der Waals surface area (Å²) in [6, 6.07) is 10.7. The van der Waals surface area contributed by atoms with Crippen LogP contribution >= 0.6 is 0 Å². The van der Waals surface area contributed by atoms with Crippen molar-refractivity contribution in [3.63, 3.8) is 0 Å². The maximum absolute atomic E-state index is 11.9. The van der Waals surface area contributed by atoms with Gasteiger partial charge in [0.2, 0.25) is 0 Å². The fourth-order valence-electron chi connectivity index (χ4n) is 2.08. The minimum Gasteiger partial charge on any atom is -0.497 e. The Bertz CT molecular complexity index is 585. The number of ether oxygens (including phenoxy) is 1. The van der Waals surface area contributed by atoms with Crippen molar-refractivity contribution in [3.05, 3.63) is 59.9 Å². The fourth-order valence-corrected chi connectivity index (χ4v) is 2.08. The van der Waals surface area contributed by atoms with Crippen LogP contribution in [-0.4, -0.2) is 29.7 Å². The van der Waals surface area contributed by atoms with Crippen molar-refractivity contribution < 1.29 is 14.6 Å². The van der Waals surface area contributed by atoms with Gasteiger partial charge in [-0.15, -0.1) is 0 Å². The van der Waals surface area contributed by atoms with E-state index >= 15 is 0 Å². The van der Waals surface area contributed by atoms with Crippen LogP contribution in [0.1, 0.15) is 23.7 Å². The molecule has 1 heterocycles. The number of carbonyl (C=O) groups excluding carboxylic acids is 1. The summed E-state index contributed by atoms with van der Waals surface area (Å²) >= 11 is 0. The van der Waals surface area contributed by atoms with Crippen LogP contribution in [0, 0.1) is 0 Å². The highest BCUT2D eigenvalue weighted by atomic mass is 16.5. The van der Waals surface area contributed by atoms with Gasteiger partial charge in [-0.25, -0.2) is 0 Å². The molecule has 0 saturated carbocycles. The zero-order valence-corrected chi connectivity index (χ0v) is 12.5. The lowest BCUT2D eigenvalue weighted by atomic mass is 10.1. The van der Waals surface area contributed by atoms with Crippen LogP contribution in [0.15, 0.2) is 48.8 Å². The Balaban J connectivity index is 1.76. The van der Waals surface area contributed by atoms with Crippen LogP contribution < -0.4 is 10.1 Å². The minimum absolute atomic E-state index is 0.392. The topological polar surface area (TPSA) is 71.5 Å². The van der Waals surface area contributed by atoms with Crippen LogP contribution in [0.5, 0.6) is 5.75 Å². The van der Waals surface area contributed by atoms with Crippen LogP contribution in [0.4, 0.5) is 0 Å². The van der Waals surface area contributed by atoms with Gasteiger partial charge in [-0.2, -0.15) is 0 Å². The van der Waals surface area contributed by atoms with Crippen molar-refractivity contribution in [1.29, 1.82) is 0 Å². The van der Waals surface area contributed by atoms with Crippen molar-refractivity contribution in [2.24, 2.45) is 0 Å². The number of aryl methyl sites for hydroxylation is 1. The van der Waals surface area contributed by atoms with Crippen molar-refractivity contribution in [2.75, 3.05) is 13.7 Å². The maximum atomic E-state index is 11.9. The van der Waals surface area contributed by atoms with Gasteiger partial charge in [0.25, 0.3) is 5.91 Å². The van der Waals surface area contributed by atoms with Gasteiger partial charge in [0, 0.05) is 18.9 Å². The van der Waals surface area contributed by atoms with E-state index in [0.29, 0.717) is 17.9 Å². The first kappa shape index (κ1) is 16.0. The largest absolute Gasteiger partial charge is 0.497 e. The molecule has 1 aromatic heterocycles. The van der Waals surface area contributed by atoms with Gasteiger partial charge in [-0.3, -0.25) is 9.78 Å². The van der Waals surface area contributed by atoms with Crippen molar-refractivity contribution in [2.45, 2.75) is 18.9 Å². The predicted molar refractivity (Wildman–Crippen MR) is 83.5 cm³/mol. The molecule has 0 unspecified atom stereocenters. The first-order valence-corrected chi connectivity index (χ1v) is 7.19. The summed E-state index contributed by atoms with van der Waals surface area (Å²) in [7, 11) is 1.57. The number of nitrogens with zero attached hydrogens (tertiary/aromatic N) is 1. The molecule has 2 N–H and O–H groups in total. The van der Waals surface area contributed by atoms with E-state index in [1.807, 2.05) is 18.3 Å². The Labute approximate surface area is 130 Å². The van der Waals surface area contributed by atoms with E-state index in [-0.39, 0.29) is 0 Å². The summed E-state index contributed by atoms with van der Waals surface area (Å²) in [6.45, 7) is 0.515. The van der Waals surface area contributed by atoms with Gasteiger partial charge >= 0.3 is 0 Å². The number of benzene rings is 1. The Kier molecular flexibility index (Phi) is 5.91. The van der Waals surface area contributed by atoms with E-state index in [0.717, 1.165) is 18.4 Å². The summed E-state index contributed by atoms with van der Waals surface area (Å²) in [6.07, 6.45) is 4.02. The second-order valence-electron chi connectivity index (χ2n) is 4.93. The summed E-state index contributed by atoms with van der Waals surface area (Å²) in [5.74, 6) is 0.296. The van der Waals surface area contributed by atoms with Gasteiger partial charge in [0.15, 0.2) is 6.10 Å². The molecule has 1 amide bonds. The highest BCUT2D eigenvalue weighted by molar-refractivity contribution is 5.81. The van der Waals surface area contributed by atoms with E-state index in [2.05, 4.69) is 10.3 Å². The number of methoxy groups -OCH3 is 1. The van der Waals surface area contributed by atoms with Crippen LogP contribution in [-0.2, 0) is 11.2 Å². The van der Waals surface area contributed by atoms with E-state index in [4.69, 9.17) is 4.74 Å². The number of rotatable bonds is 7. The second kappa shape index (κ2) is 8.14. The average molecular weight is 300 g/mol. The maximum Gasteiger partial charge on any atom is 0.253 e. The summed E-state index contributed by atoms with van der Waals surface area (Å²) < 4.78 is 5.04. The molecular formula is C17H20N2O3. The Hall–Kier alpha value is -2.40. The third kappa shape index (κ3) is 4.56. The number of aliphatic hydroxyl groups excluding tert-OH is 1. The molecule has 5 nitrogen and oxygen atoms in total. The minimum atomic E-state index is -1.16. The monoisotopic (exact) mass is 300 g/mol. The molecule has 116 valence electrons. The predicted octanol–water partition coefficient (Wildman–Crippen LogP) is 1.87. The Morgan fingerprint density at radius 2 is 2.09 bits per heavy atom. The third-order valence-electron chi connectivity index (χ3n) is 3.34. The zero-order chi connectivity index (χ0) is 15.8. The molecule has 0 bridgehead atoms. The first-order valence-electron chi connectivity index (χ1n) is 7.19. The van der Waals surface area contributed by atoms with Gasteiger partial charge in [-0.1, -0.05) is 18.2 Å². The molecule has 5 heteroatoms. The lowest BCUT2D eigenvalue weighted by Crippen LogP contribution is -2.30. The molecule has 0 fully saturated rings. The highest BCUT2D eigenvalue weighted by Gasteiger charge is 2.16. The summed E-state index contributed by atoms with van der Waals surface area (Å²) in [5, 5.41) is 12.7. The number of hydrogen-bond acceptors (Lipinski definition) is 4. The van der Waals surface area contributed by atoms with E-state index in [1.165, 1.54) is 0 Å². The lowest BCUT2D eigenvalue weighted by molar-refractivity contribution is -0.129. The number of amides is 1. The molecule has 22 heavy (non-hydrogen) atoms. The van der Waals surface area contributed by atoms with Crippen LogP contribution in [0.25, 0.3) is 0 Å². The standard InChI is InChI=1S/C17H20N2O3/c1-22-15-8-6-14(7-9-15)16(20)17(21)19-11-3-5-13-4-2-10-18-12-13/h2,4,6-10,12,16,20H,3,5,11H2,1H3,(H,19,21)/t16-/m0/s1. The van der Waals surface area contributed by atoms with Crippen LogP contribution in [0.3, 0.4) is 0 Å². The number of hydrogen-bond donors (Lipinski definition) is 2. The summed E-state index contributed by atoms with van der Waals surface area (Å²) in [5.41, 5.74) is 1.68. The van der Waals surface area contributed by atoms with Crippen molar-refractivity contribution in [3.8, 4) is 5.75 Å². The number of carbonyl (C=O) groups is 1. The Morgan fingerprint density at radius 3 is 2.73 bits per heavy atom. The molecule has 0 radical (unpaired) electrons. The quantitative estimate of drug-likeness (QED) is 0.766. The molecule has 2 rings (SSSR count). The van der Waals surface area contributed by atoms with Crippen molar-refractivity contribution >= 4 is 5.91 Å². The van der Waals surface area contributed by atoms with Gasteiger partial charge in [0.05, 0.1) is 7.11 Å². The molecule has 1 atom stereocenters. The number of nitrogens with one attached hydrogen (secondary N) is 1. The number of aliphatic hydroxyl groups is 1. The molecule has 0 aliphatic heterocycles.